The predicted molar refractivity (Wildman–Crippen MR) is 114 cm³/mol. The van der Waals surface area contributed by atoms with Crippen LogP contribution in [-0.2, 0) is 12.8 Å². The van der Waals surface area contributed by atoms with Crippen molar-refractivity contribution in [2.75, 3.05) is 0 Å². The number of hydrogen-bond donors (Lipinski definition) is 1. The van der Waals surface area contributed by atoms with Crippen LogP contribution in [0.4, 0.5) is 0 Å². The topological polar surface area (TPSA) is 15.8 Å². The lowest BCUT2D eigenvalue weighted by molar-refractivity contribution is 0.403. The summed E-state index contributed by atoms with van der Waals surface area (Å²) in [5, 5.41) is 1.48. The number of aromatic nitrogens is 1. The normalized spacial score (nSPS) is 17.3. The average Bonchev–Trinajstić information content (AvgIpc) is 2.97. The average molecular weight is 437 g/mol. The summed E-state index contributed by atoms with van der Waals surface area (Å²) in [6.45, 7) is 2.30. The van der Waals surface area contributed by atoms with Crippen molar-refractivity contribution in [3.05, 3.63) is 33.0 Å². The molecule has 0 bridgehead atoms. The summed E-state index contributed by atoms with van der Waals surface area (Å²) in [6, 6.07) is 6.73. The zero-order valence-electron chi connectivity index (χ0n) is 15.2. The molecule has 1 atom stereocenters. The van der Waals surface area contributed by atoms with Gasteiger partial charge in [0.2, 0.25) is 0 Å². The van der Waals surface area contributed by atoms with Gasteiger partial charge in [0.05, 0.1) is 5.52 Å². The van der Waals surface area contributed by atoms with Crippen LogP contribution in [0.3, 0.4) is 0 Å². The molecule has 0 radical (unpaired) electrons. The molecule has 2 heteroatoms. The molecular formula is C22H32IN. The molecule has 1 aromatic carbocycles. The highest BCUT2D eigenvalue weighted by Crippen LogP contribution is 2.35. The second-order valence-electron chi connectivity index (χ2n) is 7.62. The minimum absolute atomic E-state index is 0.912. The first kappa shape index (κ1) is 18.3. The van der Waals surface area contributed by atoms with Crippen LogP contribution in [0.2, 0.25) is 0 Å². The fraction of sp³-hybridized carbons (Fsp3) is 0.636. The van der Waals surface area contributed by atoms with Gasteiger partial charge in [0.25, 0.3) is 0 Å². The molecule has 0 saturated carbocycles. The third kappa shape index (κ3) is 4.56. The van der Waals surface area contributed by atoms with Gasteiger partial charge in [-0.25, -0.2) is 0 Å². The molecule has 1 unspecified atom stereocenters. The summed E-state index contributed by atoms with van der Waals surface area (Å²) in [7, 11) is 0. The van der Waals surface area contributed by atoms with E-state index in [0.29, 0.717) is 0 Å². The first-order valence-electron chi connectivity index (χ1n) is 10.1. The molecule has 1 aliphatic carbocycles. The van der Waals surface area contributed by atoms with E-state index in [1.54, 1.807) is 5.56 Å². The van der Waals surface area contributed by atoms with Gasteiger partial charge in [0.1, 0.15) is 0 Å². The first-order valence-corrected chi connectivity index (χ1v) is 11.2. The van der Waals surface area contributed by atoms with E-state index in [1.165, 1.54) is 97.2 Å². The Morgan fingerprint density at radius 1 is 1.04 bits per heavy atom. The van der Waals surface area contributed by atoms with Crippen LogP contribution < -0.4 is 0 Å². The van der Waals surface area contributed by atoms with Gasteiger partial charge < -0.3 is 4.98 Å². The molecular weight excluding hydrogens is 405 g/mol. The molecule has 132 valence electrons. The van der Waals surface area contributed by atoms with Gasteiger partial charge in [-0.15, -0.1) is 0 Å². The summed E-state index contributed by atoms with van der Waals surface area (Å²) in [5.74, 6) is 0.912. The van der Waals surface area contributed by atoms with Crippen molar-refractivity contribution in [1.82, 2.24) is 4.98 Å². The lowest BCUT2D eigenvalue weighted by atomic mass is 9.83. The number of aromatic amines is 1. The Morgan fingerprint density at radius 3 is 2.58 bits per heavy atom. The number of aryl methyl sites for hydroxylation is 1. The van der Waals surface area contributed by atoms with Crippen molar-refractivity contribution >= 4 is 33.5 Å². The molecule has 1 aliphatic rings. The van der Waals surface area contributed by atoms with Gasteiger partial charge in [0, 0.05) is 14.7 Å². The summed E-state index contributed by atoms with van der Waals surface area (Å²) < 4.78 is 1.36. The van der Waals surface area contributed by atoms with E-state index in [0.717, 1.165) is 5.92 Å². The third-order valence-electron chi connectivity index (χ3n) is 5.74. The maximum Gasteiger partial charge on any atom is 0.0594 e. The van der Waals surface area contributed by atoms with Crippen molar-refractivity contribution in [2.24, 2.45) is 5.92 Å². The Balaban J connectivity index is 1.44. The second kappa shape index (κ2) is 9.26. The number of halogens is 1. The highest BCUT2D eigenvalue weighted by atomic mass is 127. The van der Waals surface area contributed by atoms with Crippen LogP contribution in [-0.4, -0.2) is 4.98 Å². The minimum Gasteiger partial charge on any atom is -0.357 e. The molecule has 0 fully saturated rings. The van der Waals surface area contributed by atoms with Crippen LogP contribution in [0.5, 0.6) is 0 Å². The molecule has 3 rings (SSSR count). The van der Waals surface area contributed by atoms with Gasteiger partial charge in [-0.05, 0) is 59.4 Å². The lowest BCUT2D eigenvalue weighted by Crippen LogP contribution is -2.13. The maximum absolute atomic E-state index is 3.70. The molecule has 2 aromatic rings. The minimum atomic E-state index is 0.912. The molecule has 1 nitrogen and oxygen atoms in total. The fourth-order valence-corrected chi connectivity index (χ4v) is 4.92. The largest absolute Gasteiger partial charge is 0.357 e. The molecule has 24 heavy (non-hydrogen) atoms. The number of benzene rings is 1. The van der Waals surface area contributed by atoms with Gasteiger partial charge in [-0.3, -0.25) is 0 Å². The smallest absolute Gasteiger partial charge is 0.0594 e. The number of hydrogen-bond acceptors (Lipinski definition) is 0. The van der Waals surface area contributed by atoms with E-state index in [2.05, 4.69) is 52.7 Å². The SMILES string of the molecule is CCCCCCCCCCC1CCc2[nH]c3c(I)cccc3c2C1. The summed E-state index contributed by atoms with van der Waals surface area (Å²) in [5.41, 5.74) is 4.51. The predicted octanol–water partition coefficient (Wildman–Crippen LogP) is 7.41. The number of unbranched alkanes of at least 4 members (excludes halogenated alkanes) is 7. The Hall–Kier alpha value is -0.510. The molecule has 1 N–H and O–H groups in total. The third-order valence-corrected chi connectivity index (χ3v) is 6.64. The molecule has 0 spiro atoms. The number of nitrogens with one attached hydrogen (secondary N) is 1. The summed E-state index contributed by atoms with van der Waals surface area (Å²) in [6.07, 6.45) is 16.8. The summed E-state index contributed by atoms with van der Waals surface area (Å²) in [4.78, 5) is 3.70. The highest BCUT2D eigenvalue weighted by Gasteiger charge is 2.22. The van der Waals surface area contributed by atoms with E-state index in [9.17, 15) is 0 Å². The highest BCUT2D eigenvalue weighted by molar-refractivity contribution is 14.1. The van der Waals surface area contributed by atoms with E-state index in [-0.39, 0.29) is 0 Å². The van der Waals surface area contributed by atoms with Gasteiger partial charge in [-0.2, -0.15) is 0 Å². The van der Waals surface area contributed by atoms with Crippen molar-refractivity contribution in [3.8, 4) is 0 Å². The van der Waals surface area contributed by atoms with Crippen molar-refractivity contribution < 1.29 is 0 Å². The van der Waals surface area contributed by atoms with Gasteiger partial charge in [0.15, 0.2) is 0 Å². The van der Waals surface area contributed by atoms with Crippen LogP contribution >= 0.6 is 22.6 Å². The Labute approximate surface area is 161 Å². The van der Waals surface area contributed by atoms with Gasteiger partial charge in [-0.1, -0.05) is 76.8 Å². The molecule has 1 aromatic heterocycles. The zero-order chi connectivity index (χ0) is 16.8. The Bertz CT molecular complexity index is 643. The van der Waals surface area contributed by atoms with Crippen molar-refractivity contribution in [3.63, 3.8) is 0 Å². The Morgan fingerprint density at radius 2 is 1.79 bits per heavy atom. The molecule has 1 heterocycles. The van der Waals surface area contributed by atoms with Crippen molar-refractivity contribution in [1.29, 1.82) is 0 Å². The molecule has 0 amide bonds. The molecule has 0 saturated heterocycles. The van der Waals surface area contributed by atoms with Crippen LogP contribution in [0.1, 0.15) is 82.4 Å². The van der Waals surface area contributed by atoms with Crippen molar-refractivity contribution in [2.45, 2.75) is 84.0 Å². The van der Waals surface area contributed by atoms with E-state index < -0.39 is 0 Å². The van der Waals surface area contributed by atoms with Crippen LogP contribution in [0.25, 0.3) is 10.9 Å². The number of H-pyrrole nitrogens is 1. The lowest BCUT2D eigenvalue weighted by Gasteiger charge is -2.22. The fourth-order valence-electron chi connectivity index (χ4n) is 4.29. The van der Waals surface area contributed by atoms with E-state index in [1.807, 2.05) is 0 Å². The standard InChI is InChI=1S/C22H32IN/c1-2-3-4-5-6-7-8-9-11-17-14-15-21-19(16-17)18-12-10-13-20(23)22(18)24-21/h10,12-13,17,24H,2-9,11,14-16H2,1H3. The van der Waals surface area contributed by atoms with E-state index in [4.69, 9.17) is 0 Å². The Kier molecular flexibility index (Phi) is 7.06. The number of rotatable bonds is 9. The summed E-state index contributed by atoms with van der Waals surface area (Å²) >= 11 is 2.46. The number of fused-ring (bicyclic) bond motifs is 3. The second-order valence-corrected chi connectivity index (χ2v) is 8.78. The molecule has 0 aliphatic heterocycles. The van der Waals surface area contributed by atoms with E-state index >= 15 is 0 Å². The number of para-hydroxylation sites is 1. The maximum atomic E-state index is 3.70. The first-order chi connectivity index (χ1) is 11.8. The van der Waals surface area contributed by atoms with Crippen LogP contribution in [0, 0.1) is 9.49 Å². The van der Waals surface area contributed by atoms with Crippen LogP contribution in [0.15, 0.2) is 18.2 Å². The monoisotopic (exact) mass is 437 g/mol. The zero-order valence-corrected chi connectivity index (χ0v) is 17.3. The quantitative estimate of drug-likeness (QED) is 0.311. The van der Waals surface area contributed by atoms with Gasteiger partial charge >= 0.3 is 0 Å².